The SMILES string of the molecule is Cn1cc(SCc2ccc(CN)cc2Cl)cn1. The molecule has 1 heterocycles. The quantitative estimate of drug-likeness (QED) is 0.867. The monoisotopic (exact) mass is 267 g/mol. The minimum atomic E-state index is 0.524. The van der Waals surface area contributed by atoms with Gasteiger partial charge in [0.25, 0.3) is 0 Å². The van der Waals surface area contributed by atoms with Crippen LogP contribution in [0.2, 0.25) is 5.02 Å². The molecule has 1 aromatic heterocycles. The van der Waals surface area contributed by atoms with Crippen molar-refractivity contribution in [1.29, 1.82) is 0 Å². The van der Waals surface area contributed by atoms with Crippen LogP contribution in [0.1, 0.15) is 11.1 Å². The summed E-state index contributed by atoms with van der Waals surface area (Å²) in [4.78, 5) is 1.14. The van der Waals surface area contributed by atoms with Gasteiger partial charge in [0.2, 0.25) is 0 Å². The van der Waals surface area contributed by atoms with Crippen molar-refractivity contribution >= 4 is 23.4 Å². The summed E-state index contributed by atoms with van der Waals surface area (Å²) in [5, 5.41) is 4.91. The van der Waals surface area contributed by atoms with E-state index in [2.05, 4.69) is 5.10 Å². The molecule has 0 aliphatic heterocycles. The Morgan fingerprint density at radius 2 is 2.29 bits per heavy atom. The van der Waals surface area contributed by atoms with Gasteiger partial charge in [0.1, 0.15) is 0 Å². The van der Waals surface area contributed by atoms with E-state index in [0.717, 1.165) is 26.8 Å². The average molecular weight is 268 g/mol. The number of aromatic nitrogens is 2. The second-order valence-corrected chi connectivity index (χ2v) is 5.22. The number of rotatable bonds is 4. The molecule has 5 heteroatoms. The van der Waals surface area contributed by atoms with Gasteiger partial charge in [-0.2, -0.15) is 5.10 Å². The molecule has 0 aliphatic carbocycles. The molecule has 1 aromatic carbocycles. The van der Waals surface area contributed by atoms with Crippen LogP contribution in [0.4, 0.5) is 0 Å². The Morgan fingerprint density at radius 1 is 1.47 bits per heavy atom. The molecular weight excluding hydrogens is 254 g/mol. The zero-order valence-corrected chi connectivity index (χ0v) is 11.1. The van der Waals surface area contributed by atoms with Crippen LogP contribution < -0.4 is 5.73 Å². The van der Waals surface area contributed by atoms with Crippen LogP contribution in [0, 0.1) is 0 Å². The maximum absolute atomic E-state index is 6.19. The second kappa shape index (κ2) is 5.58. The molecule has 0 radical (unpaired) electrons. The van der Waals surface area contributed by atoms with Crippen molar-refractivity contribution in [3.63, 3.8) is 0 Å². The molecular formula is C12H14ClN3S. The van der Waals surface area contributed by atoms with Gasteiger partial charge in [-0.1, -0.05) is 23.7 Å². The molecule has 0 saturated carbocycles. The molecule has 3 nitrogen and oxygen atoms in total. The molecule has 17 heavy (non-hydrogen) atoms. The topological polar surface area (TPSA) is 43.8 Å². The summed E-state index contributed by atoms with van der Waals surface area (Å²) in [7, 11) is 1.91. The first kappa shape index (κ1) is 12.5. The van der Waals surface area contributed by atoms with Crippen LogP contribution in [0.25, 0.3) is 0 Å². The molecule has 0 atom stereocenters. The van der Waals surface area contributed by atoms with E-state index in [4.69, 9.17) is 17.3 Å². The highest BCUT2D eigenvalue weighted by Gasteiger charge is 2.03. The third kappa shape index (κ3) is 3.25. The number of aryl methyl sites for hydroxylation is 1. The number of thioether (sulfide) groups is 1. The number of halogens is 1. The van der Waals surface area contributed by atoms with E-state index in [1.807, 2.05) is 37.6 Å². The molecule has 0 unspecified atom stereocenters. The first-order valence-corrected chi connectivity index (χ1v) is 6.64. The summed E-state index contributed by atoms with van der Waals surface area (Å²) < 4.78 is 1.79. The van der Waals surface area contributed by atoms with E-state index in [9.17, 15) is 0 Å². The van der Waals surface area contributed by atoms with E-state index >= 15 is 0 Å². The number of nitrogens with two attached hydrogens (primary N) is 1. The fraction of sp³-hybridized carbons (Fsp3) is 0.250. The van der Waals surface area contributed by atoms with E-state index in [1.165, 1.54) is 0 Å². The fourth-order valence-corrected chi connectivity index (χ4v) is 2.74. The smallest absolute Gasteiger partial charge is 0.0625 e. The highest BCUT2D eigenvalue weighted by Crippen LogP contribution is 2.26. The lowest BCUT2D eigenvalue weighted by atomic mass is 10.1. The Balaban J connectivity index is 2.04. The van der Waals surface area contributed by atoms with Crippen LogP contribution in [-0.2, 0) is 19.3 Å². The van der Waals surface area contributed by atoms with Gasteiger partial charge in [0, 0.05) is 35.5 Å². The van der Waals surface area contributed by atoms with Gasteiger partial charge < -0.3 is 5.73 Å². The number of hydrogen-bond acceptors (Lipinski definition) is 3. The van der Waals surface area contributed by atoms with Gasteiger partial charge in [0.15, 0.2) is 0 Å². The summed E-state index contributed by atoms with van der Waals surface area (Å²) in [6.45, 7) is 0.524. The zero-order valence-electron chi connectivity index (χ0n) is 9.56. The Bertz CT molecular complexity index is 510. The largest absolute Gasteiger partial charge is 0.326 e. The molecule has 2 N–H and O–H groups in total. The average Bonchev–Trinajstić information content (AvgIpc) is 2.73. The Kier molecular flexibility index (Phi) is 4.10. The third-order valence-corrected chi connectivity index (χ3v) is 3.78. The molecule has 2 aromatic rings. The van der Waals surface area contributed by atoms with Gasteiger partial charge in [0.05, 0.1) is 6.20 Å². The maximum Gasteiger partial charge on any atom is 0.0625 e. The van der Waals surface area contributed by atoms with E-state index in [-0.39, 0.29) is 0 Å². The van der Waals surface area contributed by atoms with E-state index < -0.39 is 0 Å². The molecule has 0 saturated heterocycles. The zero-order chi connectivity index (χ0) is 12.3. The first-order valence-electron chi connectivity index (χ1n) is 5.28. The summed E-state index contributed by atoms with van der Waals surface area (Å²) >= 11 is 7.91. The van der Waals surface area contributed by atoms with Gasteiger partial charge in [-0.05, 0) is 17.2 Å². The summed E-state index contributed by atoms with van der Waals surface area (Å²) in [5.41, 5.74) is 7.74. The Morgan fingerprint density at radius 3 is 2.88 bits per heavy atom. The maximum atomic E-state index is 6.19. The van der Waals surface area contributed by atoms with Crippen LogP contribution in [0.5, 0.6) is 0 Å². The Labute approximate surface area is 110 Å². The predicted molar refractivity (Wildman–Crippen MR) is 72.1 cm³/mol. The van der Waals surface area contributed by atoms with Crippen molar-refractivity contribution in [2.75, 3.05) is 0 Å². The predicted octanol–water partition coefficient (Wildman–Crippen LogP) is 2.82. The molecule has 2 rings (SSSR count). The number of benzene rings is 1. The lowest BCUT2D eigenvalue weighted by Gasteiger charge is -2.05. The molecule has 0 aliphatic rings. The highest BCUT2D eigenvalue weighted by atomic mass is 35.5. The normalized spacial score (nSPS) is 10.8. The molecule has 0 bridgehead atoms. The van der Waals surface area contributed by atoms with Gasteiger partial charge in [-0.3, -0.25) is 4.68 Å². The van der Waals surface area contributed by atoms with Crippen molar-refractivity contribution in [3.05, 3.63) is 46.7 Å². The Hall–Kier alpha value is -0.970. The number of nitrogens with zero attached hydrogens (tertiary/aromatic N) is 2. The number of hydrogen-bond donors (Lipinski definition) is 1. The molecule has 90 valence electrons. The van der Waals surface area contributed by atoms with Crippen molar-refractivity contribution in [3.8, 4) is 0 Å². The van der Waals surface area contributed by atoms with Crippen molar-refractivity contribution in [2.24, 2.45) is 12.8 Å². The lowest BCUT2D eigenvalue weighted by molar-refractivity contribution is 0.766. The van der Waals surface area contributed by atoms with Crippen molar-refractivity contribution in [2.45, 2.75) is 17.2 Å². The summed E-state index contributed by atoms with van der Waals surface area (Å²) in [6, 6.07) is 5.99. The standard InChI is InChI=1S/C12H14ClN3S/c1-16-7-11(6-15-16)17-8-10-3-2-9(5-14)4-12(10)13/h2-4,6-7H,5,8,14H2,1H3. The lowest BCUT2D eigenvalue weighted by Crippen LogP contribution is -1.96. The van der Waals surface area contributed by atoms with Crippen LogP contribution in [0.15, 0.2) is 35.5 Å². The fourth-order valence-electron chi connectivity index (χ4n) is 1.47. The summed E-state index contributed by atoms with van der Waals surface area (Å²) in [6.07, 6.45) is 3.85. The van der Waals surface area contributed by atoms with Gasteiger partial charge in [-0.25, -0.2) is 0 Å². The van der Waals surface area contributed by atoms with Crippen LogP contribution in [-0.4, -0.2) is 9.78 Å². The second-order valence-electron chi connectivity index (χ2n) is 3.77. The molecule has 0 amide bonds. The van der Waals surface area contributed by atoms with Gasteiger partial charge in [-0.15, -0.1) is 11.8 Å². The molecule has 0 fully saturated rings. The first-order chi connectivity index (χ1) is 8.19. The van der Waals surface area contributed by atoms with Crippen LogP contribution >= 0.6 is 23.4 Å². The third-order valence-electron chi connectivity index (χ3n) is 2.43. The van der Waals surface area contributed by atoms with Gasteiger partial charge >= 0.3 is 0 Å². The van der Waals surface area contributed by atoms with E-state index in [1.54, 1.807) is 16.4 Å². The van der Waals surface area contributed by atoms with E-state index in [0.29, 0.717) is 6.54 Å². The molecule has 0 spiro atoms. The van der Waals surface area contributed by atoms with Crippen molar-refractivity contribution in [1.82, 2.24) is 9.78 Å². The highest BCUT2D eigenvalue weighted by molar-refractivity contribution is 7.98. The minimum Gasteiger partial charge on any atom is -0.326 e. The summed E-state index contributed by atoms with van der Waals surface area (Å²) in [5.74, 6) is 0.843. The van der Waals surface area contributed by atoms with Crippen LogP contribution in [0.3, 0.4) is 0 Å². The minimum absolute atomic E-state index is 0.524. The van der Waals surface area contributed by atoms with Crippen molar-refractivity contribution < 1.29 is 0 Å².